The summed E-state index contributed by atoms with van der Waals surface area (Å²) in [6.07, 6.45) is 5.43. The van der Waals surface area contributed by atoms with Gasteiger partial charge in [0.2, 0.25) is 0 Å². The van der Waals surface area contributed by atoms with E-state index in [0.717, 1.165) is 62.8 Å². The van der Waals surface area contributed by atoms with Gasteiger partial charge in [0.1, 0.15) is 34.8 Å². The number of nitrogens with two attached hydrogens (primary N) is 1. The maximum atomic E-state index is 6.17. The van der Waals surface area contributed by atoms with E-state index in [2.05, 4.69) is 57.7 Å². The molecule has 31 heavy (non-hydrogen) atoms. The van der Waals surface area contributed by atoms with Gasteiger partial charge in [0.25, 0.3) is 0 Å². The molecule has 2 N–H and O–H groups in total. The normalized spacial score (nSPS) is 13.9. The maximum Gasteiger partial charge on any atom is 0.182 e. The van der Waals surface area contributed by atoms with Gasteiger partial charge in [-0.05, 0) is 42.2 Å². The van der Waals surface area contributed by atoms with Crippen LogP contribution in [0.25, 0.3) is 21.5 Å². The summed E-state index contributed by atoms with van der Waals surface area (Å²) in [6, 6.07) is 6.39. The van der Waals surface area contributed by atoms with Gasteiger partial charge in [-0.15, -0.1) is 0 Å². The lowest BCUT2D eigenvalue weighted by molar-refractivity contribution is 0.329. The summed E-state index contributed by atoms with van der Waals surface area (Å²) in [7, 11) is 0. The van der Waals surface area contributed by atoms with Crippen molar-refractivity contribution in [2.24, 2.45) is 0 Å². The third kappa shape index (κ3) is 3.67. The Labute approximate surface area is 185 Å². The fourth-order valence-corrected chi connectivity index (χ4v) is 4.72. The van der Waals surface area contributed by atoms with Gasteiger partial charge in [0.15, 0.2) is 5.13 Å². The number of pyridine rings is 1. The topological polar surface area (TPSA) is 90.0 Å². The van der Waals surface area contributed by atoms with Crippen LogP contribution >= 0.6 is 11.3 Å². The van der Waals surface area contributed by atoms with E-state index in [9.17, 15) is 0 Å². The number of fused-ring (bicyclic) bond motifs is 2. The Morgan fingerprint density at radius 3 is 2.84 bits per heavy atom. The average molecular weight is 433 g/mol. The maximum absolute atomic E-state index is 6.17. The quantitative estimate of drug-likeness (QED) is 0.507. The van der Waals surface area contributed by atoms with Crippen molar-refractivity contribution in [3.63, 3.8) is 0 Å². The zero-order chi connectivity index (χ0) is 21.5. The lowest BCUT2D eigenvalue weighted by Crippen LogP contribution is -2.27. The Hall–Kier alpha value is -3.26. The number of aryl methyl sites for hydroxylation is 1. The average Bonchev–Trinajstić information content (AvgIpc) is 2.99. The second-order valence-electron chi connectivity index (χ2n) is 8.11. The molecule has 0 saturated carbocycles. The molecule has 1 aliphatic heterocycles. The first kappa shape index (κ1) is 19.7. The van der Waals surface area contributed by atoms with E-state index in [-0.39, 0.29) is 0 Å². The largest absolute Gasteiger partial charge is 0.491 e. The molecule has 0 unspecified atom stereocenters. The smallest absolute Gasteiger partial charge is 0.182 e. The van der Waals surface area contributed by atoms with Crippen LogP contribution in [0.3, 0.4) is 0 Å². The van der Waals surface area contributed by atoms with E-state index >= 15 is 0 Å². The van der Waals surface area contributed by atoms with Crippen LogP contribution in [0, 0.1) is 6.92 Å². The molecule has 0 bridgehead atoms. The molecule has 4 heterocycles. The molecule has 0 spiro atoms. The van der Waals surface area contributed by atoms with Crippen LogP contribution in [0.15, 0.2) is 36.9 Å². The minimum atomic E-state index is 0.344. The molecule has 158 valence electrons. The van der Waals surface area contributed by atoms with E-state index in [0.29, 0.717) is 17.7 Å². The summed E-state index contributed by atoms with van der Waals surface area (Å²) in [4.78, 5) is 20.9. The monoisotopic (exact) mass is 432 g/mol. The Balaban J connectivity index is 1.56. The number of ether oxygens (including phenoxy) is 1. The van der Waals surface area contributed by atoms with Crippen molar-refractivity contribution in [1.82, 2.24) is 19.9 Å². The van der Waals surface area contributed by atoms with Crippen LogP contribution in [-0.4, -0.2) is 33.1 Å². The van der Waals surface area contributed by atoms with Gasteiger partial charge in [-0.25, -0.2) is 19.9 Å². The molecule has 0 atom stereocenters. The minimum absolute atomic E-state index is 0.344. The molecule has 0 fully saturated rings. The van der Waals surface area contributed by atoms with E-state index in [1.54, 1.807) is 6.33 Å². The summed E-state index contributed by atoms with van der Waals surface area (Å²) in [5, 5.41) is 0.535. The number of benzene rings is 1. The van der Waals surface area contributed by atoms with Gasteiger partial charge in [-0.2, -0.15) is 0 Å². The van der Waals surface area contributed by atoms with E-state index in [1.807, 2.05) is 18.5 Å². The van der Waals surface area contributed by atoms with Crippen LogP contribution < -0.4 is 15.4 Å². The third-order valence-electron chi connectivity index (χ3n) is 5.56. The standard InChI is InChI=1S/C23H24N6OS/c1-13(2)18-10-25-12-27-21(18)29-4-5-30-20-14(3)6-15(7-17(20)11-29)16-8-19-22(26-9-16)31-23(24)28-19/h6-10,12-13H,4-5,11H2,1-3H3,(H2,24,28). The number of rotatable bonds is 3. The first-order chi connectivity index (χ1) is 15.0. The van der Waals surface area contributed by atoms with E-state index in [4.69, 9.17) is 10.5 Å². The fraction of sp³-hybridized carbons (Fsp3) is 0.304. The van der Waals surface area contributed by atoms with Crippen LogP contribution in [0.5, 0.6) is 5.75 Å². The Kier molecular flexibility index (Phi) is 4.94. The van der Waals surface area contributed by atoms with E-state index < -0.39 is 0 Å². The molecule has 4 aromatic rings. The molecule has 1 aromatic carbocycles. The summed E-state index contributed by atoms with van der Waals surface area (Å²) in [5.74, 6) is 2.28. The molecule has 0 amide bonds. The third-order valence-corrected chi connectivity index (χ3v) is 6.37. The van der Waals surface area contributed by atoms with Gasteiger partial charge < -0.3 is 15.4 Å². The molecule has 3 aromatic heterocycles. The lowest BCUT2D eigenvalue weighted by atomic mass is 9.99. The van der Waals surface area contributed by atoms with Crippen molar-refractivity contribution in [3.8, 4) is 16.9 Å². The molecular weight excluding hydrogens is 408 g/mol. The van der Waals surface area contributed by atoms with Crippen LogP contribution in [0.2, 0.25) is 0 Å². The number of hydrogen-bond acceptors (Lipinski definition) is 8. The predicted molar refractivity (Wildman–Crippen MR) is 125 cm³/mol. The Bertz CT molecular complexity index is 1270. The highest BCUT2D eigenvalue weighted by Crippen LogP contribution is 2.36. The van der Waals surface area contributed by atoms with Crippen LogP contribution in [0.1, 0.15) is 36.5 Å². The van der Waals surface area contributed by atoms with Crippen LogP contribution in [-0.2, 0) is 6.54 Å². The van der Waals surface area contributed by atoms with Gasteiger partial charge in [-0.3, -0.25) is 0 Å². The van der Waals surface area contributed by atoms with Crippen molar-refractivity contribution in [1.29, 1.82) is 0 Å². The number of thiazole rings is 1. The van der Waals surface area contributed by atoms with Crippen LogP contribution in [0.4, 0.5) is 10.9 Å². The highest BCUT2D eigenvalue weighted by atomic mass is 32.1. The summed E-state index contributed by atoms with van der Waals surface area (Å²) in [5.41, 5.74) is 12.2. The summed E-state index contributed by atoms with van der Waals surface area (Å²) >= 11 is 1.40. The summed E-state index contributed by atoms with van der Waals surface area (Å²) < 4.78 is 6.17. The van der Waals surface area contributed by atoms with Gasteiger partial charge in [-0.1, -0.05) is 25.2 Å². The van der Waals surface area contributed by atoms with Crippen molar-refractivity contribution in [2.75, 3.05) is 23.8 Å². The molecule has 1 aliphatic rings. The number of nitrogens with zero attached hydrogens (tertiary/aromatic N) is 5. The van der Waals surface area contributed by atoms with Crippen molar-refractivity contribution in [2.45, 2.75) is 33.2 Å². The summed E-state index contributed by atoms with van der Waals surface area (Å²) in [6.45, 7) is 8.53. The van der Waals surface area contributed by atoms with Crippen molar-refractivity contribution in [3.05, 3.63) is 53.6 Å². The SMILES string of the molecule is Cc1cc(-c2cnc3sc(N)nc3c2)cc2c1OCCN(c1ncncc1C(C)C)C2. The lowest BCUT2D eigenvalue weighted by Gasteiger charge is -2.24. The number of nitrogen functional groups attached to an aromatic ring is 1. The fourth-order valence-electron chi connectivity index (χ4n) is 4.06. The molecule has 8 heteroatoms. The van der Waals surface area contributed by atoms with Gasteiger partial charge in [0, 0.05) is 35.6 Å². The highest BCUT2D eigenvalue weighted by molar-refractivity contribution is 7.21. The van der Waals surface area contributed by atoms with Gasteiger partial charge in [0.05, 0.1) is 6.54 Å². The van der Waals surface area contributed by atoms with Gasteiger partial charge >= 0.3 is 0 Å². The zero-order valence-corrected chi connectivity index (χ0v) is 18.6. The Morgan fingerprint density at radius 2 is 2.00 bits per heavy atom. The molecule has 0 aliphatic carbocycles. The van der Waals surface area contributed by atoms with Crippen molar-refractivity contribution < 1.29 is 4.74 Å². The second kappa shape index (κ2) is 7.77. The van der Waals surface area contributed by atoms with E-state index in [1.165, 1.54) is 11.3 Å². The molecule has 0 saturated heterocycles. The molecular formula is C23H24N6OS. The zero-order valence-electron chi connectivity index (χ0n) is 17.8. The number of anilines is 2. The second-order valence-corrected chi connectivity index (χ2v) is 9.12. The Morgan fingerprint density at radius 1 is 1.13 bits per heavy atom. The molecule has 5 rings (SSSR count). The predicted octanol–water partition coefficient (Wildman–Crippen LogP) is 4.56. The first-order valence-electron chi connectivity index (χ1n) is 10.3. The molecule has 7 nitrogen and oxygen atoms in total. The van der Waals surface area contributed by atoms with Crippen molar-refractivity contribution >= 4 is 32.6 Å². The molecule has 0 radical (unpaired) electrons. The highest BCUT2D eigenvalue weighted by Gasteiger charge is 2.22. The minimum Gasteiger partial charge on any atom is -0.491 e. The number of aromatic nitrogens is 4. The number of hydrogen-bond donors (Lipinski definition) is 1. The first-order valence-corrected chi connectivity index (χ1v) is 11.1.